The highest BCUT2D eigenvalue weighted by molar-refractivity contribution is 5.82. The quantitative estimate of drug-likeness (QED) is 0.676. The van der Waals surface area contributed by atoms with Gasteiger partial charge in [0.2, 0.25) is 5.91 Å². The lowest BCUT2D eigenvalue weighted by atomic mass is 9.79. The van der Waals surface area contributed by atoms with Crippen molar-refractivity contribution in [2.45, 2.75) is 50.1 Å². The molecule has 178 valence electrons. The van der Waals surface area contributed by atoms with E-state index in [4.69, 9.17) is 9.84 Å². The van der Waals surface area contributed by atoms with Crippen molar-refractivity contribution in [3.05, 3.63) is 59.7 Å². The first-order valence-electron chi connectivity index (χ1n) is 12.0. The number of benzene rings is 2. The normalized spacial score (nSPS) is 25.1. The molecule has 0 aliphatic heterocycles. The van der Waals surface area contributed by atoms with Crippen LogP contribution in [0.25, 0.3) is 11.1 Å². The van der Waals surface area contributed by atoms with Crippen molar-refractivity contribution in [3.8, 4) is 11.1 Å². The number of carbonyl (C=O) groups excluding carboxylic acids is 2. The van der Waals surface area contributed by atoms with Gasteiger partial charge in [-0.25, -0.2) is 4.79 Å². The van der Waals surface area contributed by atoms with Gasteiger partial charge in [0.05, 0.1) is 11.8 Å². The topological polar surface area (TPSA) is 95.9 Å². The van der Waals surface area contributed by atoms with Crippen LogP contribution in [0.2, 0.25) is 0 Å². The molecule has 34 heavy (non-hydrogen) atoms. The fraction of sp³-hybridized carbons (Fsp3) is 0.444. The van der Waals surface area contributed by atoms with E-state index in [9.17, 15) is 14.4 Å². The molecule has 0 heterocycles. The fourth-order valence-electron chi connectivity index (χ4n) is 5.77. The first-order valence-corrected chi connectivity index (χ1v) is 12.0. The smallest absolute Gasteiger partial charge is 0.407 e. The van der Waals surface area contributed by atoms with Crippen molar-refractivity contribution in [2.24, 2.45) is 11.8 Å². The lowest BCUT2D eigenvalue weighted by Crippen LogP contribution is -2.52. The van der Waals surface area contributed by atoms with E-state index in [0.717, 1.165) is 24.0 Å². The molecule has 2 N–H and O–H groups in total. The monoisotopic (exact) mass is 462 g/mol. The molecule has 7 heteroatoms. The molecule has 5 rings (SSSR count). The van der Waals surface area contributed by atoms with E-state index in [1.165, 1.54) is 11.1 Å². The number of carbonyl (C=O) groups is 3. The van der Waals surface area contributed by atoms with Gasteiger partial charge in [-0.3, -0.25) is 9.59 Å². The molecule has 7 nitrogen and oxygen atoms in total. The number of nitrogens with one attached hydrogen (secondary N) is 1. The molecule has 0 unspecified atom stereocenters. The highest BCUT2D eigenvalue weighted by atomic mass is 16.5. The minimum absolute atomic E-state index is 0.00825. The van der Waals surface area contributed by atoms with Gasteiger partial charge in [-0.2, -0.15) is 0 Å². The lowest BCUT2D eigenvalue weighted by molar-refractivity contribution is -0.151. The molecule has 2 atom stereocenters. The summed E-state index contributed by atoms with van der Waals surface area (Å²) in [4.78, 5) is 38.5. The number of carboxylic acids is 1. The number of hydrogen-bond acceptors (Lipinski definition) is 4. The van der Waals surface area contributed by atoms with Gasteiger partial charge >= 0.3 is 12.1 Å². The van der Waals surface area contributed by atoms with Crippen LogP contribution < -0.4 is 5.32 Å². The van der Waals surface area contributed by atoms with Gasteiger partial charge in [-0.15, -0.1) is 0 Å². The van der Waals surface area contributed by atoms with E-state index < -0.39 is 12.1 Å². The van der Waals surface area contributed by atoms with Gasteiger partial charge in [-0.05, 0) is 47.9 Å². The largest absolute Gasteiger partial charge is 0.481 e. The molecule has 3 aliphatic rings. The second-order valence-corrected chi connectivity index (χ2v) is 9.72. The molecule has 2 amide bonds. The number of fused-ring (bicyclic) bond motifs is 3. The zero-order valence-corrected chi connectivity index (χ0v) is 19.3. The standard InChI is InChI=1S/C27H30N2O5/c1-29(17-13-16(14-17)26(31)32)25(30)22-11-6-12-24(22)28-27(33)34-15-23-20-9-4-2-7-18(20)19-8-3-5-10-21(19)23/h2-5,7-10,16-17,22-24H,6,11-15H2,1H3,(H,28,33)(H,31,32)/t16?,17?,22-,24+/m0/s1. The summed E-state index contributed by atoms with van der Waals surface area (Å²) in [5, 5.41) is 12.0. The van der Waals surface area contributed by atoms with Crippen molar-refractivity contribution in [2.75, 3.05) is 13.7 Å². The summed E-state index contributed by atoms with van der Waals surface area (Å²) in [6, 6.07) is 16.1. The predicted octanol–water partition coefficient (Wildman–Crippen LogP) is 4.02. The fourth-order valence-corrected chi connectivity index (χ4v) is 5.77. The Hall–Kier alpha value is -3.35. The Morgan fingerprint density at radius 1 is 1.00 bits per heavy atom. The van der Waals surface area contributed by atoms with Gasteiger partial charge in [0.1, 0.15) is 6.61 Å². The van der Waals surface area contributed by atoms with Gasteiger partial charge in [0.15, 0.2) is 0 Å². The van der Waals surface area contributed by atoms with Crippen LogP contribution in [0.15, 0.2) is 48.5 Å². The van der Waals surface area contributed by atoms with Crippen LogP contribution in [-0.4, -0.2) is 53.7 Å². The number of ether oxygens (including phenoxy) is 1. The van der Waals surface area contributed by atoms with Crippen LogP contribution in [0.1, 0.15) is 49.1 Å². The highest BCUT2D eigenvalue weighted by Gasteiger charge is 2.42. The van der Waals surface area contributed by atoms with Gasteiger partial charge in [0.25, 0.3) is 0 Å². The van der Waals surface area contributed by atoms with Crippen LogP contribution in [0.3, 0.4) is 0 Å². The summed E-state index contributed by atoms with van der Waals surface area (Å²) in [6.07, 6.45) is 2.80. The lowest BCUT2D eigenvalue weighted by Gasteiger charge is -2.40. The van der Waals surface area contributed by atoms with Crippen LogP contribution >= 0.6 is 0 Å². The number of hydrogen-bond donors (Lipinski definition) is 2. The minimum atomic E-state index is -0.798. The van der Waals surface area contributed by atoms with Crippen LogP contribution in [0.5, 0.6) is 0 Å². The molecule has 2 aromatic rings. The summed E-state index contributed by atoms with van der Waals surface area (Å²) < 4.78 is 5.67. The van der Waals surface area contributed by atoms with Crippen molar-refractivity contribution in [1.82, 2.24) is 10.2 Å². The van der Waals surface area contributed by atoms with E-state index >= 15 is 0 Å². The maximum atomic E-state index is 13.1. The van der Waals surface area contributed by atoms with Crippen molar-refractivity contribution < 1.29 is 24.2 Å². The molecule has 0 bridgehead atoms. The average molecular weight is 463 g/mol. The zero-order valence-electron chi connectivity index (χ0n) is 19.3. The highest BCUT2D eigenvalue weighted by Crippen LogP contribution is 2.44. The molecule has 2 aromatic carbocycles. The summed E-state index contributed by atoms with van der Waals surface area (Å²) in [6.45, 7) is 0.240. The number of alkyl carbamates (subject to hydrolysis) is 1. The summed E-state index contributed by atoms with van der Waals surface area (Å²) in [7, 11) is 1.74. The SMILES string of the molecule is CN(C(=O)[C@H]1CCC[C@H]1NC(=O)OCC1c2ccccc2-c2ccccc21)C1CC(C(=O)O)C1. The number of aliphatic carboxylic acids is 1. The van der Waals surface area contributed by atoms with Gasteiger partial charge in [0, 0.05) is 25.0 Å². The molecular formula is C27H30N2O5. The summed E-state index contributed by atoms with van der Waals surface area (Å²) in [5.74, 6) is -1.48. The maximum absolute atomic E-state index is 13.1. The number of rotatable bonds is 6. The Balaban J connectivity index is 1.18. The second kappa shape index (κ2) is 9.12. The molecule has 2 fully saturated rings. The number of amides is 2. The third-order valence-electron chi connectivity index (χ3n) is 7.84. The zero-order chi connectivity index (χ0) is 23.8. The van der Waals surface area contributed by atoms with Crippen LogP contribution in [-0.2, 0) is 14.3 Å². The molecule has 3 aliphatic carbocycles. The van der Waals surface area contributed by atoms with E-state index in [2.05, 4.69) is 29.6 Å². The molecule has 2 saturated carbocycles. The molecule has 0 aromatic heterocycles. The molecule has 0 spiro atoms. The third-order valence-corrected chi connectivity index (χ3v) is 7.84. The van der Waals surface area contributed by atoms with Crippen LogP contribution in [0.4, 0.5) is 4.79 Å². The van der Waals surface area contributed by atoms with Crippen LogP contribution in [0, 0.1) is 11.8 Å². The van der Waals surface area contributed by atoms with E-state index in [1.54, 1.807) is 11.9 Å². The number of carboxylic acid groups (broad SMARTS) is 1. The van der Waals surface area contributed by atoms with Crippen molar-refractivity contribution in [1.29, 1.82) is 0 Å². The van der Waals surface area contributed by atoms with Gasteiger partial charge in [-0.1, -0.05) is 55.0 Å². The summed E-state index contributed by atoms with van der Waals surface area (Å²) >= 11 is 0. The van der Waals surface area contributed by atoms with Crippen molar-refractivity contribution >= 4 is 18.0 Å². The van der Waals surface area contributed by atoms with E-state index in [0.29, 0.717) is 19.3 Å². The molecule has 0 saturated heterocycles. The Kier molecular flexibility index (Phi) is 6.02. The average Bonchev–Trinajstić information content (AvgIpc) is 3.38. The van der Waals surface area contributed by atoms with Crippen molar-refractivity contribution in [3.63, 3.8) is 0 Å². The first-order chi connectivity index (χ1) is 16.4. The third kappa shape index (κ3) is 4.04. The summed E-state index contributed by atoms with van der Waals surface area (Å²) in [5.41, 5.74) is 4.68. The maximum Gasteiger partial charge on any atom is 0.407 e. The molecular weight excluding hydrogens is 432 g/mol. The first kappa shape index (κ1) is 22.4. The predicted molar refractivity (Wildman–Crippen MR) is 126 cm³/mol. The van der Waals surface area contributed by atoms with E-state index in [1.807, 2.05) is 24.3 Å². The second-order valence-electron chi connectivity index (χ2n) is 9.72. The van der Waals surface area contributed by atoms with Gasteiger partial charge < -0.3 is 20.1 Å². The number of nitrogens with zero attached hydrogens (tertiary/aromatic N) is 1. The Morgan fingerprint density at radius 2 is 1.62 bits per heavy atom. The Morgan fingerprint density at radius 3 is 2.24 bits per heavy atom. The Labute approximate surface area is 199 Å². The Bertz CT molecular complexity index is 1060. The van der Waals surface area contributed by atoms with E-state index in [-0.39, 0.29) is 42.4 Å². The molecule has 0 radical (unpaired) electrons. The minimum Gasteiger partial charge on any atom is -0.481 e.